The lowest BCUT2D eigenvalue weighted by molar-refractivity contribution is -0.0318. The van der Waals surface area contributed by atoms with Crippen molar-refractivity contribution in [1.82, 2.24) is 9.47 Å². The van der Waals surface area contributed by atoms with E-state index in [4.69, 9.17) is 4.74 Å². The number of aromatic nitrogens is 1. The fraction of sp³-hybridized carbons (Fsp3) is 0.550. The van der Waals surface area contributed by atoms with Crippen molar-refractivity contribution in [2.75, 3.05) is 7.05 Å². The van der Waals surface area contributed by atoms with Gasteiger partial charge >= 0.3 is 5.97 Å². The molecule has 2 aliphatic heterocycles. The Kier molecular flexibility index (Phi) is 4.88. The maximum Gasteiger partial charge on any atom is 0.340 e. The highest BCUT2D eigenvalue weighted by Gasteiger charge is 2.37. The number of fused-ring (bicyclic) bond motifs is 3. The number of benzene rings is 1. The number of hydrogen-bond acceptors (Lipinski definition) is 3. The van der Waals surface area contributed by atoms with Gasteiger partial charge in [-0.3, -0.25) is 0 Å². The SMILES string of the molecule is CN1[C@@H]2CCC[C@H]1C[C@@H](OC(=O)c1cn(CC(F)F)c3ccc(F)cc13)C2. The highest BCUT2D eigenvalue weighted by Crippen LogP contribution is 2.34. The Hall–Kier alpha value is -2.02. The van der Waals surface area contributed by atoms with Crippen LogP contribution in [0, 0.1) is 5.82 Å². The second-order valence-electron chi connectivity index (χ2n) is 7.65. The van der Waals surface area contributed by atoms with Gasteiger partial charge < -0.3 is 14.2 Å². The predicted molar refractivity (Wildman–Crippen MR) is 95.5 cm³/mol. The van der Waals surface area contributed by atoms with Crippen molar-refractivity contribution >= 4 is 16.9 Å². The summed E-state index contributed by atoms with van der Waals surface area (Å²) in [7, 11) is 2.12. The number of nitrogens with zero attached hydrogens (tertiary/aromatic N) is 2. The van der Waals surface area contributed by atoms with Gasteiger partial charge in [0.15, 0.2) is 0 Å². The first-order chi connectivity index (χ1) is 12.9. The molecule has 0 unspecified atom stereocenters. The van der Waals surface area contributed by atoms with Crippen molar-refractivity contribution in [2.45, 2.75) is 63.3 Å². The summed E-state index contributed by atoms with van der Waals surface area (Å²) in [5.74, 6) is -1.08. The third-order valence-electron chi connectivity index (χ3n) is 5.97. The Bertz CT molecular complexity index is 837. The van der Waals surface area contributed by atoms with Gasteiger partial charge in [0.1, 0.15) is 11.9 Å². The van der Waals surface area contributed by atoms with Crippen LogP contribution in [0.5, 0.6) is 0 Å². The lowest BCUT2D eigenvalue weighted by Crippen LogP contribution is -2.52. The van der Waals surface area contributed by atoms with Crippen LogP contribution in [-0.2, 0) is 11.3 Å². The number of carbonyl (C=O) groups excluding carboxylic acids is 1. The van der Waals surface area contributed by atoms with E-state index in [9.17, 15) is 18.0 Å². The maximum atomic E-state index is 13.7. The minimum Gasteiger partial charge on any atom is -0.459 e. The van der Waals surface area contributed by atoms with Crippen LogP contribution in [0.3, 0.4) is 0 Å². The highest BCUT2D eigenvalue weighted by molar-refractivity contribution is 6.04. The molecule has 7 heteroatoms. The van der Waals surface area contributed by atoms with Crippen LogP contribution in [0.25, 0.3) is 10.9 Å². The normalized spacial score (nSPS) is 25.9. The van der Waals surface area contributed by atoms with Gasteiger partial charge in [-0.05, 0) is 38.1 Å². The lowest BCUT2D eigenvalue weighted by atomic mass is 9.83. The van der Waals surface area contributed by atoms with Gasteiger partial charge in [-0.25, -0.2) is 18.0 Å². The van der Waals surface area contributed by atoms with Crippen LogP contribution in [-0.4, -0.2) is 47.1 Å². The zero-order valence-electron chi connectivity index (χ0n) is 15.2. The van der Waals surface area contributed by atoms with E-state index in [1.165, 1.54) is 35.4 Å². The standard InChI is InChI=1S/C20H23F3N2O2/c1-24-13-3-2-4-14(24)9-15(8-13)27-20(26)17-10-25(11-19(22)23)18-6-5-12(21)7-16(17)18/h5-7,10,13-15,19H,2-4,8-9,11H2,1H3/t13-,14+,15+. The van der Waals surface area contributed by atoms with E-state index in [1.807, 2.05) is 0 Å². The van der Waals surface area contributed by atoms with E-state index < -0.39 is 24.8 Å². The van der Waals surface area contributed by atoms with E-state index in [0.717, 1.165) is 25.7 Å². The van der Waals surface area contributed by atoms with E-state index >= 15 is 0 Å². The van der Waals surface area contributed by atoms with Gasteiger partial charge in [0, 0.05) is 42.0 Å². The number of hydrogen-bond donors (Lipinski definition) is 0. The summed E-state index contributed by atoms with van der Waals surface area (Å²) in [5.41, 5.74) is 0.554. The molecular weight excluding hydrogens is 357 g/mol. The first kappa shape index (κ1) is 18.3. The van der Waals surface area contributed by atoms with Crippen molar-refractivity contribution < 1.29 is 22.7 Å². The number of halogens is 3. The predicted octanol–water partition coefficient (Wildman–Crippen LogP) is 4.22. The third-order valence-corrected chi connectivity index (χ3v) is 5.97. The molecule has 0 radical (unpaired) electrons. The number of carbonyl (C=O) groups is 1. The van der Waals surface area contributed by atoms with E-state index in [-0.39, 0.29) is 11.7 Å². The Balaban J connectivity index is 1.58. The average Bonchev–Trinajstić information content (AvgIpc) is 2.93. The first-order valence-corrected chi connectivity index (χ1v) is 9.42. The number of alkyl halides is 2. The number of rotatable bonds is 4. The molecule has 2 bridgehead atoms. The molecule has 0 N–H and O–H groups in total. The second kappa shape index (κ2) is 7.19. The number of piperidine rings is 2. The van der Waals surface area contributed by atoms with Gasteiger partial charge in [-0.1, -0.05) is 6.42 Å². The lowest BCUT2D eigenvalue weighted by Gasteiger charge is -2.46. The van der Waals surface area contributed by atoms with Crippen LogP contribution in [0.15, 0.2) is 24.4 Å². The van der Waals surface area contributed by atoms with Gasteiger partial charge in [0.25, 0.3) is 6.43 Å². The van der Waals surface area contributed by atoms with Crippen LogP contribution in [0.4, 0.5) is 13.2 Å². The Labute approximate surface area is 155 Å². The van der Waals surface area contributed by atoms with Crippen LogP contribution in [0.2, 0.25) is 0 Å². The number of esters is 1. The Morgan fingerprint density at radius 3 is 2.63 bits per heavy atom. The topological polar surface area (TPSA) is 34.5 Å². The van der Waals surface area contributed by atoms with Gasteiger partial charge in [-0.15, -0.1) is 0 Å². The monoisotopic (exact) mass is 380 g/mol. The molecule has 2 saturated heterocycles. The minimum absolute atomic E-state index is 0.147. The molecule has 4 nitrogen and oxygen atoms in total. The van der Waals surface area contributed by atoms with Gasteiger partial charge in [0.05, 0.1) is 12.1 Å². The summed E-state index contributed by atoms with van der Waals surface area (Å²) >= 11 is 0. The molecule has 3 atom stereocenters. The van der Waals surface area contributed by atoms with Gasteiger partial charge in [-0.2, -0.15) is 0 Å². The summed E-state index contributed by atoms with van der Waals surface area (Å²) in [6.07, 6.45) is 3.55. The number of ether oxygens (including phenoxy) is 1. The molecule has 0 saturated carbocycles. The van der Waals surface area contributed by atoms with Crippen molar-refractivity contribution in [3.05, 3.63) is 35.8 Å². The molecule has 27 heavy (non-hydrogen) atoms. The molecular formula is C20H23F3N2O2. The third kappa shape index (κ3) is 3.57. The van der Waals surface area contributed by atoms with Gasteiger partial charge in [0.2, 0.25) is 0 Å². The quantitative estimate of drug-likeness (QED) is 0.745. The van der Waals surface area contributed by atoms with Crippen molar-refractivity contribution in [3.8, 4) is 0 Å². The zero-order chi connectivity index (χ0) is 19.1. The smallest absolute Gasteiger partial charge is 0.340 e. The fourth-order valence-corrected chi connectivity index (χ4v) is 4.61. The Morgan fingerprint density at radius 2 is 1.96 bits per heavy atom. The summed E-state index contributed by atoms with van der Waals surface area (Å²) in [6, 6.07) is 4.65. The molecule has 0 aliphatic carbocycles. The largest absolute Gasteiger partial charge is 0.459 e. The van der Waals surface area contributed by atoms with Crippen LogP contribution in [0.1, 0.15) is 42.5 Å². The highest BCUT2D eigenvalue weighted by atomic mass is 19.3. The summed E-state index contributed by atoms with van der Waals surface area (Å²) in [5, 5.41) is 0.314. The zero-order valence-corrected chi connectivity index (χ0v) is 15.2. The molecule has 1 aromatic carbocycles. The van der Waals surface area contributed by atoms with Crippen molar-refractivity contribution in [3.63, 3.8) is 0 Å². The van der Waals surface area contributed by atoms with Crippen LogP contribution >= 0.6 is 0 Å². The molecule has 2 aliphatic rings. The molecule has 146 valence electrons. The minimum atomic E-state index is -2.57. The Morgan fingerprint density at radius 1 is 1.26 bits per heavy atom. The van der Waals surface area contributed by atoms with E-state index in [2.05, 4.69) is 11.9 Å². The summed E-state index contributed by atoms with van der Waals surface area (Å²) < 4.78 is 46.5. The molecule has 4 rings (SSSR count). The van der Waals surface area contributed by atoms with E-state index in [0.29, 0.717) is 23.0 Å². The molecule has 2 aromatic rings. The first-order valence-electron chi connectivity index (χ1n) is 9.42. The van der Waals surface area contributed by atoms with E-state index in [1.54, 1.807) is 0 Å². The fourth-order valence-electron chi connectivity index (χ4n) is 4.61. The average molecular weight is 380 g/mol. The molecule has 1 aromatic heterocycles. The molecule has 3 heterocycles. The maximum absolute atomic E-state index is 13.7. The van der Waals surface area contributed by atoms with Crippen LogP contribution < -0.4 is 0 Å². The molecule has 0 amide bonds. The summed E-state index contributed by atoms with van der Waals surface area (Å²) in [4.78, 5) is 15.2. The summed E-state index contributed by atoms with van der Waals surface area (Å²) in [6.45, 7) is -0.548. The van der Waals surface area contributed by atoms with Crippen molar-refractivity contribution in [2.24, 2.45) is 0 Å². The second-order valence-corrected chi connectivity index (χ2v) is 7.65. The van der Waals surface area contributed by atoms with Crippen molar-refractivity contribution in [1.29, 1.82) is 0 Å². The molecule has 0 spiro atoms. The molecule has 2 fully saturated rings.